The van der Waals surface area contributed by atoms with Crippen molar-refractivity contribution in [3.63, 3.8) is 0 Å². The van der Waals surface area contributed by atoms with E-state index >= 15 is 0 Å². The van der Waals surface area contributed by atoms with E-state index in [9.17, 15) is 4.79 Å². The summed E-state index contributed by atoms with van der Waals surface area (Å²) in [7, 11) is 0. The van der Waals surface area contributed by atoms with Gasteiger partial charge in [0.25, 0.3) is 5.91 Å². The number of carbonyl (C=O) groups excluding carboxylic acids is 1. The van der Waals surface area contributed by atoms with Crippen LogP contribution >= 0.6 is 0 Å². The maximum Gasteiger partial charge on any atom is 0.258 e. The van der Waals surface area contributed by atoms with Crippen molar-refractivity contribution in [2.75, 3.05) is 6.61 Å². The summed E-state index contributed by atoms with van der Waals surface area (Å²) in [4.78, 5) is 11.6. The average Bonchev–Trinajstić information content (AvgIpc) is 2.33. The van der Waals surface area contributed by atoms with Gasteiger partial charge >= 0.3 is 0 Å². The van der Waals surface area contributed by atoms with Crippen LogP contribution in [0, 0.1) is 0 Å². The number of aryl methyl sites for hydroxylation is 1. The lowest BCUT2D eigenvalue weighted by Crippen LogP contribution is -2.43. The third-order valence-electron chi connectivity index (χ3n) is 2.70. The van der Waals surface area contributed by atoms with E-state index in [0.717, 1.165) is 12.8 Å². The highest BCUT2D eigenvalue weighted by atomic mass is 16.5. The van der Waals surface area contributed by atoms with Crippen molar-refractivity contribution in [1.82, 2.24) is 5.32 Å². The summed E-state index contributed by atoms with van der Waals surface area (Å²) >= 11 is 0. The predicted molar refractivity (Wildman–Crippen MR) is 81.8 cm³/mol. The van der Waals surface area contributed by atoms with E-state index < -0.39 is 0 Å². The molecule has 1 aromatic carbocycles. The van der Waals surface area contributed by atoms with Crippen LogP contribution in [0.15, 0.2) is 24.3 Å². The third-order valence-corrected chi connectivity index (χ3v) is 2.70. The van der Waals surface area contributed by atoms with E-state index in [1.165, 1.54) is 5.56 Å². The van der Waals surface area contributed by atoms with Gasteiger partial charge in [0.1, 0.15) is 5.75 Å². The van der Waals surface area contributed by atoms with E-state index in [0.29, 0.717) is 5.75 Å². The number of rotatable bonds is 6. The number of ether oxygens (including phenoxy) is 1. The van der Waals surface area contributed by atoms with E-state index in [1.807, 2.05) is 52.0 Å². The van der Waals surface area contributed by atoms with Gasteiger partial charge in [-0.2, -0.15) is 0 Å². The maximum atomic E-state index is 11.6. The van der Waals surface area contributed by atoms with Crippen LogP contribution < -0.4 is 15.8 Å². The molecule has 20 heavy (non-hydrogen) atoms. The lowest BCUT2D eigenvalue weighted by atomic mass is 10.1. The number of carbonyl (C=O) groups is 1. The summed E-state index contributed by atoms with van der Waals surface area (Å²) in [6.45, 7) is 7.87. The summed E-state index contributed by atoms with van der Waals surface area (Å²) in [5.74, 6) is 0.595. The first kappa shape index (κ1) is 16.5. The van der Waals surface area contributed by atoms with Crippen LogP contribution in [0.1, 0.15) is 39.7 Å². The Bertz CT molecular complexity index is 419. The predicted octanol–water partition coefficient (Wildman–Crippen LogP) is 2.26. The Kier molecular flexibility index (Phi) is 6.02. The number of nitrogens with one attached hydrogen (secondary N) is 1. The van der Waals surface area contributed by atoms with Gasteiger partial charge in [-0.15, -0.1) is 0 Å². The molecule has 0 saturated heterocycles. The van der Waals surface area contributed by atoms with Gasteiger partial charge in [-0.3, -0.25) is 4.79 Å². The number of nitrogens with two attached hydrogens (primary N) is 1. The second-order valence-corrected chi connectivity index (χ2v) is 6.25. The molecule has 0 aliphatic heterocycles. The van der Waals surface area contributed by atoms with E-state index in [4.69, 9.17) is 10.5 Å². The normalized spacial score (nSPS) is 12.8. The quantitative estimate of drug-likeness (QED) is 0.839. The van der Waals surface area contributed by atoms with Gasteiger partial charge in [-0.25, -0.2) is 0 Å². The summed E-state index contributed by atoms with van der Waals surface area (Å²) in [5, 5.41) is 2.86. The second kappa shape index (κ2) is 7.29. The van der Waals surface area contributed by atoms with Gasteiger partial charge in [-0.1, -0.05) is 12.1 Å². The molecule has 4 heteroatoms. The summed E-state index contributed by atoms with van der Waals surface area (Å²) in [5.41, 5.74) is 6.73. The van der Waals surface area contributed by atoms with Crippen molar-refractivity contribution in [3.8, 4) is 5.75 Å². The van der Waals surface area contributed by atoms with Gasteiger partial charge < -0.3 is 15.8 Å². The lowest BCUT2D eigenvalue weighted by Gasteiger charge is -2.20. The minimum absolute atomic E-state index is 0.0381. The van der Waals surface area contributed by atoms with Crippen molar-refractivity contribution < 1.29 is 9.53 Å². The van der Waals surface area contributed by atoms with Crippen LogP contribution in [-0.4, -0.2) is 24.1 Å². The van der Waals surface area contributed by atoms with Crippen LogP contribution in [0.3, 0.4) is 0 Å². The van der Waals surface area contributed by atoms with Crippen LogP contribution in [0.25, 0.3) is 0 Å². The van der Waals surface area contributed by atoms with Crippen LogP contribution in [0.4, 0.5) is 0 Å². The van der Waals surface area contributed by atoms with Crippen molar-refractivity contribution in [3.05, 3.63) is 29.8 Å². The molecular formula is C16H26N2O2. The molecule has 1 rings (SSSR count). The lowest BCUT2D eigenvalue weighted by molar-refractivity contribution is -0.124. The fourth-order valence-corrected chi connectivity index (χ4v) is 1.75. The first-order valence-corrected chi connectivity index (χ1v) is 7.04. The SMILES string of the molecule is CC(N)CCc1ccc(OCC(=O)NC(C)(C)C)cc1. The van der Waals surface area contributed by atoms with Crippen LogP contribution in [0.2, 0.25) is 0 Å². The number of hydrogen-bond donors (Lipinski definition) is 2. The molecule has 1 aromatic rings. The molecule has 0 aromatic heterocycles. The smallest absolute Gasteiger partial charge is 0.258 e. The van der Waals surface area contributed by atoms with Gasteiger partial charge in [-0.05, 0) is 58.2 Å². The molecule has 0 aliphatic rings. The van der Waals surface area contributed by atoms with Crippen molar-refractivity contribution in [2.24, 2.45) is 5.73 Å². The fraction of sp³-hybridized carbons (Fsp3) is 0.562. The molecule has 1 unspecified atom stereocenters. The molecule has 0 spiro atoms. The molecule has 0 saturated carbocycles. The van der Waals surface area contributed by atoms with Gasteiger partial charge in [0.2, 0.25) is 0 Å². The topological polar surface area (TPSA) is 64.3 Å². The zero-order valence-corrected chi connectivity index (χ0v) is 12.9. The molecule has 3 N–H and O–H groups in total. The molecule has 0 aliphatic carbocycles. The maximum absolute atomic E-state index is 11.6. The number of hydrogen-bond acceptors (Lipinski definition) is 3. The highest BCUT2D eigenvalue weighted by Crippen LogP contribution is 2.13. The average molecular weight is 278 g/mol. The van der Waals surface area contributed by atoms with Crippen LogP contribution in [0.5, 0.6) is 5.75 Å². The van der Waals surface area contributed by atoms with Crippen molar-refractivity contribution in [1.29, 1.82) is 0 Å². The van der Waals surface area contributed by atoms with Crippen molar-refractivity contribution >= 4 is 5.91 Å². The fourth-order valence-electron chi connectivity index (χ4n) is 1.75. The first-order valence-electron chi connectivity index (χ1n) is 7.04. The Balaban J connectivity index is 2.40. The highest BCUT2D eigenvalue weighted by molar-refractivity contribution is 5.78. The summed E-state index contributed by atoms with van der Waals surface area (Å²) in [6.07, 6.45) is 1.93. The van der Waals surface area contributed by atoms with E-state index in [-0.39, 0.29) is 24.1 Å². The highest BCUT2D eigenvalue weighted by Gasteiger charge is 2.13. The Hall–Kier alpha value is -1.55. The molecule has 1 atom stereocenters. The number of amides is 1. The molecule has 0 fully saturated rings. The minimum atomic E-state index is -0.233. The van der Waals surface area contributed by atoms with Gasteiger partial charge in [0, 0.05) is 11.6 Å². The summed E-state index contributed by atoms with van der Waals surface area (Å²) in [6, 6.07) is 8.02. The standard InChI is InChI=1S/C16H26N2O2/c1-12(17)5-6-13-7-9-14(10-8-13)20-11-15(19)18-16(2,3)4/h7-10,12H,5-6,11,17H2,1-4H3,(H,18,19). The zero-order chi connectivity index (χ0) is 15.2. The van der Waals surface area contributed by atoms with E-state index in [2.05, 4.69) is 5.32 Å². The monoisotopic (exact) mass is 278 g/mol. The van der Waals surface area contributed by atoms with Crippen molar-refractivity contribution in [2.45, 2.75) is 52.1 Å². The minimum Gasteiger partial charge on any atom is -0.484 e. The molecule has 0 bridgehead atoms. The molecule has 0 radical (unpaired) electrons. The molecule has 1 amide bonds. The molecule has 4 nitrogen and oxygen atoms in total. The Labute approximate surface area is 121 Å². The Morgan fingerprint density at radius 1 is 1.30 bits per heavy atom. The first-order chi connectivity index (χ1) is 9.26. The largest absolute Gasteiger partial charge is 0.484 e. The third kappa shape index (κ3) is 7.14. The van der Waals surface area contributed by atoms with Crippen LogP contribution in [-0.2, 0) is 11.2 Å². The Morgan fingerprint density at radius 2 is 1.90 bits per heavy atom. The van der Waals surface area contributed by atoms with Gasteiger partial charge in [0.05, 0.1) is 0 Å². The Morgan fingerprint density at radius 3 is 2.40 bits per heavy atom. The molecule has 0 heterocycles. The zero-order valence-electron chi connectivity index (χ0n) is 12.9. The molecule has 112 valence electrons. The summed E-state index contributed by atoms with van der Waals surface area (Å²) < 4.78 is 5.46. The van der Waals surface area contributed by atoms with Gasteiger partial charge in [0.15, 0.2) is 6.61 Å². The van der Waals surface area contributed by atoms with E-state index in [1.54, 1.807) is 0 Å². The molecular weight excluding hydrogens is 252 g/mol. The number of benzene rings is 1. The second-order valence-electron chi connectivity index (χ2n) is 6.25.